The van der Waals surface area contributed by atoms with Crippen LogP contribution in [-0.2, 0) is 21.1 Å². The minimum atomic E-state index is -3.14. The molecule has 2 aromatic carbocycles. The summed E-state index contributed by atoms with van der Waals surface area (Å²) in [5.74, 6) is 0.499. The summed E-state index contributed by atoms with van der Waals surface area (Å²) in [7, 11) is -1.56. The Labute approximate surface area is 192 Å². The summed E-state index contributed by atoms with van der Waals surface area (Å²) >= 11 is 11.2. The Bertz CT molecular complexity index is 1120. The van der Waals surface area contributed by atoms with E-state index in [0.717, 1.165) is 10.0 Å². The van der Waals surface area contributed by atoms with Crippen LogP contribution in [0, 0.1) is 0 Å². The molecule has 0 aromatic heterocycles. The third-order valence-electron chi connectivity index (χ3n) is 4.97. The minimum Gasteiger partial charge on any atom is -0.497 e. The molecule has 2 unspecified atom stereocenters. The van der Waals surface area contributed by atoms with Crippen molar-refractivity contribution in [3.63, 3.8) is 0 Å². The molecule has 2 heterocycles. The Morgan fingerprint density at radius 3 is 2.67 bits per heavy atom. The zero-order valence-electron chi connectivity index (χ0n) is 15.9. The molecule has 0 spiro atoms. The van der Waals surface area contributed by atoms with Crippen molar-refractivity contribution in [3.05, 3.63) is 57.5 Å². The number of halogens is 2. The number of carbonyl (C=O) groups is 1. The van der Waals surface area contributed by atoms with Crippen LogP contribution in [-0.4, -0.2) is 49.4 Å². The molecule has 2 fully saturated rings. The molecule has 0 saturated carbocycles. The molecular formula is C20H18BrClN2O4S2. The Kier molecular flexibility index (Phi) is 6.16. The van der Waals surface area contributed by atoms with Gasteiger partial charge in [0.15, 0.2) is 15.0 Å². The van der Waals surface area contributed by atoms with Crippen molar-refractivity contribution in [2.45, 2.75) is 17.7 Å². The van der Waals surface area contributed by atoms with Gasteiger partial charge in [0.1, 0.15) is 5.75 Å². The van der Waals surface area contributed by atoms with Gasteiger partial charge < -0.3 is 9.64 Å². The van der Waals surface area contributed by atoms with E-state index in [-0.39, 0.29) is 35.1 Å². The summed E-state index contributed by atoms with van der Waals surface area (Å²) in [6.07, 6.45) is 0.142. The number of fused-ring (bicyclic) bond motifs is 1. The number of aliphatic imine (C=N–C) groups is 1. The first-order valence-electron chi connectivity index (χ1n) is 9.11. The standard InChI is InChI=1S/C20H18BrClN2O4S2/c1-28-14-5-2-12(3-6-14)8-19(25)23-20-24(16-7-4-13(21)9-15(16)22)17-10-30(26,27)11-18(17)29-20/h2-7,9,17-18H,8,10-11H2,1H3. The second kappa shape index (κ2) is 8.53. The molecular weight excluding hydrogens is 512 g/mol. The topological polar surface area (TPSA) is 76.0 Å². The van der Waals surface area contributed by atoms with Crippen LogP contribution in [0.3, 0.4) is 0 Å². The van der Waals surface area contributed by atoms with E-state index in [9.17, 15) is 13.2 Å². The third-order valence-corrected chi connectivity index (χ3v) is 8.98. The van der Waals surface area contributed by atoms with Crippen molar-refractivity contribution in [2.75, 3.05) is 23.5 Å². The van der Waals surface area contributed by atoms with Gasteiger partial charge in [0.25, 0.3) is 5.91 Å². The predicted octanol–water partition coefficient (Wildman–Crippen LogP) is 3.96. The minimum absolute atomic E-state index is 0.0166. The van der Waals surface area contributed by atoms with E-state index in [4.69, 9.17) is 16.3 Å². The molecule has 158 valence electrons. The van der Waals surface area contributed by atoms with Crippen LogP contribution in [0.4, 0.5) is 5.69 Å². The average molecular weight is 530 g/mol. The second-order valence-electron chi connectivity index (χ2n) is 7.08. The predicted molar refractivity (Wildman–Crippen MR) is 125 cm³/mol. The van der Waals surface area contributed by atoms with Crippen molar-refractivity contribution in [3.8, 4) is 5.75 Å². The second-order valence-corrected chi connectivity index (χ2v) is 11.8. The molecule has 0 aliphatic carbocycles. The Morgan fingerprint density at radius 1 is 1.27 bits per heavy atom. The van der Waals surface area contributed by atoms with E-state index in [2.05, 4.69) is 20.9 Å². The maximum absolute atomic E-state index is 12.7. The highest BCUT2D eigenvalue weighted by atomic mass is 79.9. The Morgan fingerprint density at radius 2 is 2.00 bits per heavy atom. The van der Waals surface area contributed by atoms with Crippen molar-refractivity contribution < 1.29 is 17.9 Å². The number of carbonyl (C=O) groups excluding carboxylic acids is 1. The fraction of sp³-hybridized carbons (Fsp3) is 0.300. The molecule has 6 nitrogen and oxygen atoms in total. The molecule has 0 N–H and O–H groups in total. The molecule has 4 rings (SSSR count). The number of ether oxygens (including phenoxy) is 1. The first kappa shape index (κ1) is 21.7. The van der Waals surface area contributed by atoms with Crippen molar-refractivity contribution in [1.82, 2.24) is 0 Å². The summed E-state index contributed by atoms with van der Waals surface area (Å²) in [6, 6.07) is 12.3. The molecule has 1 amide bonds. The van der Waals surface area contributed by atoms with Crippen LogP contribution >= 0.6 is 39.3 Å². The van der Waals surface area contributed by atoms with Gasteiger partial charge in [-0.2, -0.15) is 4.99 Å². The van der Waals surface area contributed by atoms with E-state index in [1.165, 1.54) is 11.8 Å². The normalized spacial score (nSPS) is 23.6. The van der Waals surface area contributed by atoms with Gasteiger partial charge in [0.2, 0.25) is 0 Å². The molecule has 30 heavy (non-hydrogen) atoms. The fourth-order valence-corrected chi connectivity index (χ4v) is 8.28. The maximum Gasteiger partial charge on any atom is 0.252 e. The summed E-state index contributed by atoms with van der Waals surface area (Å²) in [4.78, 5) is 18.8. The van der Waals surface area contributed by atoms with Gasteiger partial charge in [0.05, 0.1) is 41.8 Å². The Hall–Kier alpha value is -1.55. The number of amides is 1. The number of anilines is 1. The van der Waals surface area contributed by atoms with Gasteiger partial charge in [-0.15, -0.1) is 0 Å². The summed E-state index contributed by atoms with van der Waals surface area (Å²) < 4.78 is 30.3. The van der Waals surface area contributed by atoms with Crippen LogP contribution in [0.25, 0.3) is 0 Å². The molecule has 2 aliphatic heterocycles. The third kappa shape index (κ3) is 4.54. The maximum atomic E-state index is 12.7. The number of sulfone groups is 1. The molecule has 2 aliphatic rings. The number of thioether (sulfide) groups is 1. The first-order chi connectivity index (χ1) is 14.3. The zero-order chi connectivity index (χ0) is 21.5. The molecule has 2 saturated heterocycles. The van der Waals surface area contributed by atoms with Crippen LogP contribution in [0.5, 0.6) is 5.75 Å². The summed E-state index contributed by atoms with van der Waals surface area (Å²) in [5.41, 5.74) is 1.47. The molecule has 2 aromatic rings. The number of methoxy groups -OCH3 is 1. The zero-order valence-corrected chi connectivity index (χ0v) is 19.9. The van der Waals surface area contributed by atoms with E-state index in [1.807, 2.05) is 24.3 Å². The highest BCUT2D eigenvalue weighted by Crippen LogP contribution is 2.43. The van der Waals surface area contributed by atoms with Crippen LogP contribution in [0.15, 0.2) is 51.9 Å². The first-order valence-corrected chi connectivity index (χ1v) is 13.0. The summed E-state index contributed by atoms with van der Waals surface area (Å²) in [6.45, 7) is 0. The molecule has 0 radical (unpaired) electrons. The van der Waals surface area contributed by atoms with E-state index in [1.54, 1.807) is 30.2 Å². The quantitative estimate of drug-likeness (QED) is 0.597. The van der Waals surface area contributed by atoms with Crippen molar-refractivity contribution in [2.24, 2.45) is 4.99 Å². The lowest BCUT2D eigenvalue weighted by Crippen LogP contribution is -2.38. The lowest BCUT2D eigenvalue weighted by atomic mass is 10.1. The number of amidine groups is 1. The average Bonchev–Trinajstić information content (AvgIpc) is 3.13. The van der Waals surface area contributed by atoms with Crippen LogP contribution in [0.2, 0.25) is 5.02 Å². The molecule has 2 atom stereocenters. The number of benzene rings is 2. The fourth-order valence-electron chi connectivity index (χ4n) is 3.59. The molecule has 0 bridgehead atoms. The van der Waals surface area contributed by atoms with Gasteiger partial charge in [-0.1, -0.05) is 51.4 Å². The van der Waals surface area contributed by atoms with Gasteiger partial charge in [0, 0.05) is 9.72 Å². The number of nitrogens with zero attached hydrogens (tertiary/aromatic N) is 2. The lowest BCUT2D eigenvalue weighted by molar-refractivity contribution is -0.117. The molecule has 10 heteroatoms. The highest BCUT2D eigenvalue weighted by molar-refractivity contribution is 9.10. The van der Waals surface area contributed by atoms with Crippen molar-refractivity contribution >= 4 is 65.9 Å². The number of hydrogen-bond acceptors (Lipinski definition) is 5. The van der Waals surface area contributed by atoms with Gasteiger partial charge in [-0.25, -0.2) is 8.42 Å². The van der Waals surface area contributed by atoms with Gasteiger partial charge in [-0.3, -0.25) is 4.79 Å². The highest BCUT2D eigenvalue weighted by Gasteiger charge is 2.49. The van der Waals surface area contributed by atoms with Crippen LogP contribution in [0.1, 0.15) is 5.56 Å². The number of hydrogen-bond donors (Lipinski definition) is 0. The van der Waals surface area contributed by atoms with Crippen molar-refractivity contribution in [1.29, 1.82) is 0 Å². The Balaban J connectivity index is 1.63. The van der Waals surface area contributed by atoms with E-state index >= 15 is 0 Å². The van der Waals surface area contributed by atoms with Gasteiger partial charge in [-0.05, 0) is 35.9 Å². The largest absolute Gasteiger partial charge is 0.497 e. The monoisotopic (exact) mass is 528 g/mol. The van der Waals surface area contributed by atoms with E-state index < -0.39 is 9.84 Å². The van der Waals surface area contributed by atoms with Crippen LogP contribution < -0.4 is 9.64 Å². The van der Waals surface area contributed by atoms with E-state index in [0.29, 0.717) is 21.6 Å². The SMILES string of the molecule is COc1ccc(CC(=O)N=C2SC3CS(=O)(=O)CC3N2c2ccc(Br)cc2Cl)cc1. The summed E-state index contributed by atoms with van der Waals surface area (Å²) in [5, 5.41) is 0.773. The lowest BCUT2D eigenvalue weighted by Gasteiger charge is -2.25. The smallest absolute Gasteiger partial charge is 0.252 e. The van der Waals surface area contributed by atoms with Gasteiger partial charge >= 0.3 is 0 Å². The number of rotatable bonds is 4.